The zero-order valence-corrected chi connectivity index (χ0v) is 18.1. The van der Waals surface area contributed by atoms with Gasteiger partial charge in [0.15, 0.2) is 0 Å². The number of aryl methyl sites for hydroxylation is 1. The van der Waals surface area contributed by atoms with E-state index in [1.54, 1.807) is 12.3 Å². The van der Waals surface area contributed by atoms with Gasteiger partial charge in [0.25, 0.3) is 0 Å². The summed E-state index contributed by atoms with van der Waals surface area (Å²) >= 11 is 0. The van der Waals surface area contributed by atoms with Crippen molar-refractivity contribution in [2.24, 2.45) is 0 Å². The number of hydrogen-bond acceptors (Lipinski definition) is 5. The minimum Gasteiger partial charge on any atom is -0.464 e. The number of nitriles is 2. The second kappa shape index (κ2) is 8.58. The molecule has 0 amide bonds. The minimum atomic E-state index is 0.113. The van der Waals surface area contributed by atoms with Gasteiger partial charge in [-0.1, -0.05) is 6.92 Å². The van der Waals surface area contributed by atoms with Crippen molar-refractivity contribution in [3.63, 3.8) is 0 Å². The number of hydrogen-bond donors (Lipinski definition) is 1. The first-order valence-corrected chi connectivity index (χ1v) is 10.7. The van der Waals surface area contributed by atoms with Crippen LogP contribution in [0.5, 0.6) is 5.75 Å². The molecule has 5 heteroatoms. The maximum Gasteiger partial charge on any atom is 0.137 e. The molecule has 4 rings (SSSR count). The van der Waals surface area contributed by atoms with Gasteiger partial charge in [0, 0.05) is 40.6 Å². The van der Waals surface area contributed by atoms with Crippen molar-refractivity contribution in [1.29, 1.82) is 10.5 Å². The Hall–Kier alpha value is -3.70. The lowest BCUT2D eigenvalue weighted by Crippen LogP contribution is -2.15. The van der Waals surface area contributed by atoms with Gasteiger partial charge in [-0.15, -0.1) is 0 Å². The second-order valence-electron chi connectivity index (χ2n) is 7.76. The number of rotatable bonds is 3. The predicted molar refractivity (Wildman–Crippen MR) is 121 cm³/mol. The lowest BCUT2D eigenvalue weighted by Gasteiger charge is -2.29. The molecule has 0 saturated heterocycles. The number of anilines is 1. The lowest BCUT2D eigenvalue weighted by molar-refractivity contribution is 0.328. The molecule has 0 fully saturated rings. The Labute approximate surface area is 183 Å². The Kier molecular flexibility index (Phi) is 5.69. The normalized spacial score (nSPS) is 19.3. The Bertz CT molecular complexity index is 1160. The average Bonchev–Trinajstić information content (AvgIpc) is 2.79. The quantitative estimate of drug-likeness (QED) is 0.612. The van der Waals surface area contributed by atoms with Gasteiger partial charge in [0.2, 0.25) is 0 Å². The molecule has 3 aliphatic rings. The molecule has 1 aliphatic carbocycles. The standard InChI is InChI=1S/C26H25N3O2/c1-4-17-12-22-16(3)11-24(31-25(22)13-23(17)29-5-2)21-8-6-7-20-19(18(14-27)15-28)9-10-30-26(20)21/h9-13,29H,4-8H2,1-3H3/b24-21-. The fourth-order valence-corrected chi connectivity index (χ4v) is 4.37. The zero-order chi connectivity index (χ0) is 22.0. The molecular formula is C26H25N3O2. The van der Waals surface area contributed by atoms with E-state index in [4.69, 9.17) is 9.47 Å². The van der Waals surface area contributed by atoms with Crippen molar-refractivity contribution in [3.05, 3.63) is 75.5 Å². The largest absolute Gasteiger partial charge is 0.464 e. The van der Waals surface area contributed by atoms with Crippen LogP contribution in [0.15, 0.2) is 64.4 Å². The van der Waals surface area contributed by atoms with Crippen molar-refractivity contribution in [2.45, 2.75) is 46.5 Å². The zero-order valence-electron chi connectivity index (χ0n) is 18.1. The molecule has 2 aliphatic heterocycles. The van der Waals surface area contributed by atoms with Crippen molar-refractivity contribution in [3.8, 4) is 17.9 Å². The lowest BCUT2D eigenvalue weighted by atomic mass is 9.85. The molecular weight excluding hydrogens is 386 g/mol. The van der Waals surface area contributed by atoms with E-state index in [0.717, 1.165) is 71.7 Å². The highest BCUT2D eigenvalue weighted by atomic mass is 16.5. The van der Waals surface area contributed by atoms with E-state index in [2.05, 4.69) is 44.3 Å². The Morgan fingerprint density at radius 3 is 2.61 bits per heavy atom. The van der Waals surface area contributed by atoms with Gasteiger partial charge in [-0.2, -0.15) is 10.5 Å². The predicted octanol–water partition coefficient (Wildman–Crippen LogP) is 6.06. The number of fused-ring (bicyclic) bond motifs is 1. The van der Waals surface area contributed by atoms with Crippen LogP contribution >= 0.6 is 0 Å². The highest BCUT2D eigenvalue weighted by Crippen LogP contribution is 2.43. The number of nitrogens with one attached hydrogen (secondary N) is 1. The number of benzene rings is 1. The molecule has 0 spiro atoms. The third kappa shape index (κ3) is 3.64. The van der Waals surface area contributed by atoms with E-state index < -0.39 is 0 Å². The summed E-state index contributed by atoms with van der Waals surface area (Å²) in [6.07, 6.45) is 8.77. The van der Waals surface area contributed by atoms with Crippen LogP contribution in [0.25, 0.3) is 5.57 Å². The van der Waals surface area contributed by atoms with Gasteiger partial charge >= 0.3 is 0 Å². The van der Waals surface area contributed by atoms with E-state index in [0.29, 0.717) is 11.3 Å². The SMILES string of the molecule is CCNc1cc2c(cc1CC)C(C)=C/C(=C1\CCCC3=C1OC=CC3=C(C#N)C#N)O2. The molecule has 156 valence electrons. The first-order valence-electron chi connectivity index (χ1n) is 10.7. The molecule has 0 unspecified atom stereocenters. The Morgan fingerprint density at radius 1 is 1.13 bits per heavy atom. The number of nitrogens with zero attached hydrogens (tertiary/aromatic N) is 2. The van der Waals surface area contributed by atoms with Crippen molar-refractivity contribution >= 4 is 11.3 Å². The van der Waals surface area contributed by atoms with Gasteiger partial charge in [-0.05, 0) is 68.9 Å². The molecule has 5 nitrogen and oxygen atoms in total. The van der Waals surface area contributed by atoms with Gasteiger partial charge in [-0.3, -0.25) is 0 Å². The van der Waals surface area contributed by atoms with Crippen LogP contribution in [0.3, 0.4) is 0 Å². The summed E-state index contributed by atoms with van der Waals surface area (Å²) in [5, 5.41) is 22.2. The van der Waals surface area contributed by atoms with Gasteiger partial charge in [0.05, 0.1) is 6.26 Å². The molecule has 1 N–H and O–H groups in total. The van der Waals surface area contributed by atoms with Gasteiger partial charge < -0.3 is 14.8 Å². The van der Waals surface area contributed by atoms with Gasteiger partial charge in [0.1, 0.15) is 35.0 Å². The second-order valence-corrected chi connectivity index (χ2v) is 7.76. The fraction of sp³-hybridized carbons (Fsp3) is 0.308. The van der Waals surface area contributed by atoms with Crippen LogP contribution in [0.1, 0.15) is 51.2 Å². The molecule has 0 atom stereocenters. The van der Waals surface area contributed by atoms with Crippen molar-refractivity contribution in [1.82, 2.24) is 0 Å². The van der Waals surface area contributed by atoms with E-state index in [1.807, 2.05) is 12.1 Å². The van der Waals surface area contributed by atoms with Crippen LogP contribution < -0.4 is 10.1 Å². The number of allylic oxidation sites excluding steroid dienone is 7. The molecule has 0 aromatic heterocycles. The van der Waals surface area contributed by atoms with E-state index in [9.17, 15) is 10.5 Å². The van der Waals surface area contributed by atoms with Crippen LogP contribution in [0.4, 0.5) is 5.69 Å². The molecule has 0 radical (unpaired) electrons. The van der Waals surface area contributed by atoms with E-state index >= 15 is 0 Å². The maximum atomic E-state index is 9.36. The molecule has 1 aromatic carbocycles. The maximum absolute atomic E-state index is 9.36. The van der Waals surface area contributed by atoms with Crippen molar-refractivity contribution in [2.75, 3.05) is 11.9 Å². The first kappa shape index (κ1) is 20.6. The van der Waals surface area contributed by atoms with Crippen LogP contribution in [-0.2, 0) is 11.2 Å². The summed E-state index contributed by atoms with van der Waals surface area (Å²) in [7, 11) is 0. The van der Waals surface area contributed by atoms with E-state index in [-0.39, 0.29) is 5.57 Å². The van der Waals surface area contributed by atoms with Crippen molar-refractivity contribution < 1.29 is 9.47 Å². The third-order valence-electron chi connectivity index (χ3n) is 5.88. The molecule has 0 bridgehead atoms. The highest BCUT2D eigenvalue weighted by molar-refractivity contribution is 5.78. The summed E-state index contributed by atoms with van der Waals surface area (Å²) in [5.74, 6) is 2.32. The minimum absolute atomic E-state index is 0.113. The topological polar surface area (TPSA) is 78.1 Å². The molecule has 0 saturated carbocycles. The number of ether oxygens (including phenoxy) is 2. The summed E-state index contributed by atoms with van der Waals surface area (Å²) in [6.45, 7) is 7.19. The fourth-order valence-electron chi connectivity index (χ4n) is 4.37. The van der Waals surface area contributed by atoms with Crippen LogP contribution in [0, 0.1) is 22.7 Å². The van der Waals surface area contributed by atoms with Gasteiger partial charge in [-0.25, -0.2) is 0 Å². The first-order chi connectivity index (χ1) is 15.1. The third-order valence-corrected chi connectivity index (χ3v) is 5.88. The molecule has 31 heavy (non-hydrogen) atoms. The van der Waals surface area contributed by atoms with Crippen LogP contribution in [0.2, 0.25) is 0 Å². The highest BCUT2D eigenvalue weighted by Gasteiger charge is 2.29. The smallest absolute Gasteiger partial charge is 0.137 e. The summed E-state index contributed by atoms with van der Waals surface area (Å²) in [6, 6.07) is 8.31. The average molecular weight is 412 g/mol. The summed E-state index contributed by atoms with van der Waals surface area (Å²) in [4.78, 5) is 0. The Balaban J connectivity index is 1.84. The molecule has 2 heterocycles. The molecule has 1 aromatic rings. The summed E-state index contributed by atoms with van der Waals surface area (Å²) < 4.78 is 12.3. The van der Waals surface area contributed by atoms with E-state index in [1.165, 1.54) is 5.56 Å². The summed E-state index contributed by atoms with van der Waals surface area (Å²) in [5.41, 5.74) is 7.27. The van der Waals surface area contributed by atoms with Crippen LogP contribution in [-0.4, -0.2) is 6.54 Å². The monoisotopic (exact) mass is 411 g/mol. The Morgan fingerprint density at radius 2 is 1.90 bits per heavy atom.